The number of hydrogen-bond donors (Lipinski definition) is 1. The Hall–Kier alpha value is -2.50. The average molecular weight is 314 g/mol. The number of nitrogens with zero attached hydrogens (tertiary/aromatic N) is 1. The van der Waals surface area contributed by atoms with E-state index in [0.717, 1.165) is 11.1 Å². The monoisotopic (exact) mass is 314 g/mol. The summed E-state index contributed by atoms with van der Waals surface area (Å²) in [6.45, 7) is 4.41. The van der Waals surface area contributed by atoms with Gasteiger partial charge in [-0.05, 0) is 49.2 Å². The van der Waals surface area contributed by atoms with Crippen LogP contribution in [-0.4, -0.2) is 12.3 Å². The molecule has 122 valence electrons. The highest BCUT2D eigenvalue weighted by Gasteiger charge is 2.06. The van der Waals surface area contributed by atoms with Crippen molar-refractivity contribution in [1.29, 1.82) is 0 Å². The number of benzene rings is 2. The van der Waals surface area contributed by atoms with Gasteiger partial charge in [0.15, 0.2) is 11.5 Å². The van der Waals surface area contributed by atoms with Crippen molar-refractivity contribution in [2.45, 2.75) is 20.5 Å². The summed E-state index contributed by atoms with van der Waals surface area (Å²) >= 11 is 0. The molecule has 5 heteroatoms. The van der Waals surface area contributed by atoms with Gasteiger partial charge in [-0.15, -0.1) is 0 Å². The molecule has 0 heterocycles. The standard InChI is InChI=1S/C18H20NO4/c1-13(2)10-15-6-9-17(18(11-15)22-3)23-12-14-4-7-16(8-5-14)19(20)21/h4-11,20H,12H2,1-3H3/q-1. The Labute approximate surface area is 135 Å². The highest BCUT2D eigenvalue weighted by Crippen LogP contribution is 2.29. The number of methoxy groups -OCH3 is 1. The quantitative estimate of drug-likeness (QED) is 0.801. The van der Waals surface area contributed by atoms with E-state index in [9.17, 15) is 5.21 Å². The van der Waals surface area contributed by atoms with E-state index in [4.69, 9.17) is 14.7 Å². The average Bonchev–Trinajstić information content (AvgIpc) is 2.53. The largest absolute Gasteiger partial charge is 0.733 e. The van der Waals surface area contributed by atoms with Crippen molar-refractivity contribution in [3.63, 3.8) is 0 Å². The topological polar surface area (TPSA) is 65.0 Å². The molecule has 1 N–H and O–H groups in total. The molecule has 0 aliphatic carbocycles. The van der Waals surface area contributed by atoms with E-state index in [-0.39, 0.29) is 10.9 Å². The fraction of sp³-hybridized carbons (Fsp3) is 0.222. The summed E-state index contributed by atoms with van der Waals surface area (Å²) < 4.78 is 11.1. The lowest BCUT2D eigenvalue weighted by molar-refractivity contribution is 0.284. The zero-order valence-electron chi connectivity index (χ0n) is 13.4. The van der Waals surface area contributed by atoms with Crippen molar-refractivity contribution in [2.75, 3.05) is 12.3 Å². The van der Waals surface area contributed by atoms with Crippen molar-refractivity contribution < 1.29 is 14.7 Å². The van der Waals surface area contributed by atoms with Gasteiger partial charge >= 0.3 is 0 Å². The summed E-state index contributed by atoms with van der Waals surface area (Å²) in [4.78, 5) is 0. The van der Waals surface area contributed by atoms with Crippen LogP contribution in [0.25, 0.3) is 6.08 Å². The molecule has 2 aromatic carbocycles. The van der Waals surface area contributed by atoms with Crippen molar-refractivity contribution >= 4 is 11.8 Å². The molecule has 0 amide bonds. The number of hydrogen-bond acceptors (Lipinski definition) is 5. The fourth-order valence-corrected chi connectivity index (χ4v) is 2.11. The van der Waals surface area contributed by atoms with Crippen LogP contribution in [0.2, 0.25) is 0 Å². The molecule has 0 aliphatic heterocycles. The Kier molecular flexibility index (Phi) is 5.62. The highest BCUT2D eigenvalue weighted by molar-refractivity contribution is 5.57. The second-order valence-electron chi connectivity index (χ2n) is 5.36. The zero-order valence-corrected chi connectivity index (χ0v) is 13.4. The minimum absolute atomic E-state index is 0.171. The molecule has 2 aromatic rings. The molecule has 0 unspecified atom stereocenters. The minimum atomic E-state index is -0.171. The smallest absolute Gasteiger partial charge is 0.161 e. The van der Waals surface area contributed by atoms with Crippen molar-refractivity contribution in [1.82, 2.24) is 0 Å². The number of rotatable bonds is 6. The summed E-state index contributed by atoms with van der Waals surface area (Å²) in [6.07, 6.45) is 2.06. The van der Waals surface area contributed by atoms with Gasteiger partial charge in [0, 0.05) is 0 Å². The van der Waals surface area contributed by atoms with Crippen molar-refractivity contribution in [3.05, 3.63) is 64.4 Å². The van der Waals surface area contributed by atoms with Gasteiger partial charge in [-0.25, -0.2) is 0 Å². The van der Waals surface area contributed by atoms with E-state index in [1.807, 2.05) is 32.0 Å². The molecule has 23 heavy (non-hydrogen) atoms. The second-order valence-corrected chi connectivity index (χ2v) is 5.36. The van der Waals surface area contributed by atoms with Gasteiger partial charge in [0.25, 0.3) is 0 Å². The van der Waals surface area contributed by atoms with Gasteiger partial charge < -0.3 is 19.9 Å². The first-order chi connectivity index (χ1) is 11.0. The molecule has 0 saturated heterocycles. The van der Waals surface area contributed by atoms with Crippen LogP contribution >= 0.6 is 0 Å². The Bertz CT molecular complexity index is 674. The van der Waals surface area contributed by atoms with E-state index in [0.29, 0.717) is 18.1 Å². The molecule has 0 spiro atoms. The normalized spacial score (nSPS) is 10.1. The van der Waals surface area contributed by atoms with Crippen LogP contribution in [0.3, 0.4) is 0 Å². The first kappa shape index (κ1) is 16.9. The fourth-order valence-electron chi connectivity index (χ4n) is 2.11. The van der Waals surface area contributed by atoms with Gasteiger partial charge in [-0.2, -0.15) is 0 Å². The van der Waals surface area contributed by atoms with E-state index >= 15 is 0 Å². The van der Waals surface area contributed by atoms with E-state index in [1.54, 1.807) is 19.2 Å². The van der Waals surface area contributed by atoms with Crippen molar-refractivity contribution in [3.8, 4) is 11.5 Å². The summed E-state index contributed by atoms with van der Waals surface area (Å²) in [5, 5.41) is 19.4. The molecule has 0 aliphatic rings. The SMILES string of the molecule is COc1cc(C=C(C)C)ccc1OCc1ccc(N([O-])O)cc1. The van der Waals surface area contributed by atoms with Crippen LogP contribution in [0.4, 0.5) is 5.69 Å². The van der Waals surface area contributed by atoms with Gasteiger partial charge in [0.1, 0.15) is 6.61 Å². The minimum Gasteiger partial charge on any atom is -0.733 e. The van der Waals surface area contributed by atoms with Crippen LogP contribution in [0, 0.1) is 5.21 Å². The third kappa shape index (κ3) is 4.74. The van der Waals surface area contributed by atoms with Crippen LogP contribution in [0.15, 0.2) is 48.0 Å². The second kappa shape index (κ2) is 7.67. The molecule has 0 bridgehead atoms. The molecule has 0 radical (unpaired) electrons. The number of anilines is 1. The third-order valence-electron chi connectivity index (χ3n) is 3.19. The lowest BCUT2D eigenvalue weighted by atomic mass is 10.1. The Morgan fingerprint density at radius 3 is 2.39 bits per heavy atom. The molecule has 0 aromatic heterocycles. The maximum absolute atomic E-state index is 10.7. The molecular weight excluding hydrogens is 294 g/mol. The van der Waals surface area contributed by atoms with Gasteiger partial charge in [-0.1, -0.05) is 29.8 Å². The van der Waals surface area contributed by atoms with Gasteiger partial charge in [-0.3, -0.25) is 5.21 Å². The molecular formula is C18H20NO4-. The maximum Gasteiger partial charge on any atom is 0.161 e. The van der Waals surface area contributed by atoms with Crippen LogP contribution in [0.1, 0.15) is 25.0 Å². The molecule has 2 rings (SSSR count). The Balaban J connectivity index is 2.09. The zero-order chi connectivity index (χ0) is 16.8. The van der Waals surface area contributed by atoms with Crippen LogP contribution < -0.4 is 14.7 Å². The van der Waals surface area contributed by atoms with Gasteiger partial charge in [0.05, 0.1) is 12.8 Å². The summed E-state index contributed by atoms with van der Waals surface area (Å²) in [5.74, 6) is 1.31. The molecule has 0 atom stereocenters. The molecule has 5 nitrogen and oxygen atoms in total. The lowest BCUT2D eigenvalue weighted by Crippen LogP contribution is -2.06. The molecule has 0 saturated carbocycles. The van der Waals surface area contributed by atoms with E-state index < -0.39 is 0 Å². The first-order valence-corrected chi connectivity index (χ1v) is 7.20. The van der Waals surface area contributed by atoms with Crippen LogP contribution in [0.5, 0.6) is 11.5 Å². The third-order valence-corrected chi connectivity index (χ3v) is 3.19. The highest BCUT2D eigenvalue weighted by atomic mass is 16.8. The molecule has 0 fully saturated rings. The first-order valence-electron chi connectivity index (χ1n) is 7.20. The van der Waals surface area contributed by atoms with Crippen molar-refractivity contribution in [2.24, 2.45) is 0 Å². The number of ether oxygens (including phenoxy) is 2. The Morgan fingerprint density at radius 1 is 1.13 bits per heavy atom. The lowest BCUT2D eigenvalue weighted by Gasteiger charge is -2.21. The summed E-state index contributed by atoms with van der Waals surface area (Å²) in [7, 11) is 1.60. The predicted molar refractivity (Wildman–Crippen MR) is 90.7 cm³/mol. The van der Waals surface area contributed by atoms with E-state index in [1.165, 1.54) is 17.7 Å². The van der Waals surface area contributed by atoms with Crippen LogP contribution in [-0.2, 0) is 6.61 Å². The van der Waals surface area contributed by atoms with Gasteiger partial charge in [0.2, 0.25) is 0 Å². The maximum atomic E-state index is 10.7. The predicted octanol–water partition coefficient (Wildman–Crippen LogP) is 4.39. The Morgan fingerprint density at radius 2 is 1.83 bits per heavy atom. The summed E-state index contributed by atoms with van der Waals surface area (Å²) in [5.41, 5.74) is 3.32. The summed E-state index contributed by atoms with van der Waals surface area (Å²) in [6, 6.07) is 12.3. The number of allylic oxidation sites excluding steroid dienone is 1. The van der Waals surface area contributed by atoms with E-state index in [2.05, 4.69) is 6.08 Å².